The van der Waals surface area contributed by atoms with Gasteiger partial charge in [-0.15, -0.1) is 0 Å². The highest BCUT2D eigenvalue weighted by Crippen LogP contribution is 2.21. The number of nitrogens with zero attached hydrogens (tertiary/aromatic N) is 1. The lowest BCUT2D eigenvalue weighted by Crippen LogP contribution is -2.39. The molecule has 0 heterocycles. The smallest absolute Gasteiger partial charge is 0.246 e. The first kappa shape index (κ1) is 20.0. The minimum atomic E-state index is -4.36. The Morgan fingerprint density at radius 3 is 2.50 bits per heavy atom. The molecule has 2 aromatic rings. The van der Waals surface area contributed by atoms with Crippen LogP contribution in [0.2, 0.25) is 0 Å². The van der Waals surface area contributed by atoms with Gasteiger partial charge in [-0.3, -0.25) is 4.79 Å². The molecule has 0 atom stereocenters. The first-order valence-electron chi connectivity index (χ1n) is 8.06. The maximum Gasteiger partial charge on any atom is 0.246 e. The highest BCUT2D eigenvalue weighted by Gasteiger charge is 2.29. The lowest BCUT2D eigenvalue weighted by atomic mass is 10.2. The number of carbonyl (C=O) groups is 1. The average Bonchev–Trinajstić information content (AvgIpc) is 2.58. The highest BCUT2D eigenvalue weighted by molar-refractivity contribution is 7.89. The van der Waals surface area contributed by atoms with Crippen LogP contribution in [0.15, 0.2) is 47.4 Å². The van der Waals surface area contributed by atoms with Crippen LogP contribution in [0.5, 0.6) is 0 Å². The lowest BCUT2D eigenvalue weighted by Gasteiger charge is -2.21. The van der Waals surface area contributed by atoms with Crippen LogP contribution in [0.25, 0.3) is 0 Å². The van der Waals surface area contributed by atoms with Crippen molar-refractivity contribution in [1.82, 2.24) is 4.31 Å². The second kappa shape index (κ2) is 8.37. The Morgan fingerprint density at radius 1 is 1.15 bits per heavy atom. The summed E-state index contributed by atoms with van der Waals surface area (Å²) in [4.78, 5) is 11.5. The van der Waals surface area contributed by atoms with Gasteiger partial charge in [-0.05, 0) is 43.2 Å². The molecule has 140 valence electrons. The zero-order chi connectivity index (χ0) is 19.3. The fourth-order valence-electron chi connectivity index (χ4n) is 2.41. The molecule has 0 aromatic heterocycles. The van der Waals surface area contributed by atoms with Gasteiger partial charge in [0.1, 0.15) is 16.5 Å². The summed E-state index contributed by atoms with van der Waals surface area (Å²) in [6.45, 7) is 3.03. The van der Waals surface area contributed by atoms with Crippen molar-refractivity contribution in [3.8, 4) is 0 Å². The summed E-state index contributed by atoms with van der Waals surface area (Å²) in [5.41, 5.74) is 1.38. The quantitative estimate of drug-likeness (QED) is 0.799. The van der Waals surface area contributed by atoms with Gasteiger partial charge in [-0.25, -0.2) is 17.2 Å². The molecular weight excluding hydrogens is 362 g/mol. The van der Waals surface area contributed by atoms with Crippen LogP contribution in [-0.2, 0) is 14.8 Å². The van der Waals surface area contributed by atoms with Gasteiger partial charge in [-0.2, -0.15) is 4.31 Å². The van der Waals surface area contributed by atoms with Gasteiger partial charge in [0, 0.05) is 12.2 Å². The Balaban J connectivity index is 2.26. The molecule has 0 aliphatic rings. The summed E-state index contributed by atoms with van der Waals surface area (Å²) >= 11 is 0. The van der Waals surface area contributed by atoms with E-state index >= 15 is 0 Å². The molecule has 2 aromatic carbocycles. The number of nitrogens with one attached hydrogen (secondary N) is 1. The number of rotatable bonds is 7. The van der Waals surface area contributed by atoms with Crippen LogP contribution in [-0.4, -0.2) is 31.7 Å². The van der Waals surface area contributed by atoms with Crippen molar-refractivity contribution >= 4 is 21.6 Å². The van der Waals surface area contributed by atoms with E-state index in [4.69, 9.17) is 0 Å². The largest absolute Gasteiger partial charge is 0.325 e. The molecule has 0 aliphatic heterocycles. The predicted molar refractivity (Wildman–Crippen MR) is 95.2 cm³/mol. The molecule has 5 nitrogen and oxygen atoms in total. The van der Waals surface area contributed by atoms with Gasteiger partial charge in [-0.1, -0.05) is 25.1 Å². The maximum absolute atomic E-state index is 13.9. The van der Waals surface area contributed by atoms with E-state index in [1.165, 1.54) is 0 Å². The van der Waals surface area contributed by atoms with Crippen molar-refractivity contribution in [2.24, 2.45) is 0 Å². The van der Waals surface area contributed by atoms with Gasteiger partial charge in [0.2, 0.25) is 15.9 Å². The Morgan fingerprint density at radius 2 is 1.85 bits per heavy atom. The van der Waals surface area contributed by atoms with Crippen LogP contribution in [0, 0.1) is 18.6 Å². The number of halogens is 2. The first-order chi connectivity index (χ1) is 12.3. The van der Waals surface area contributed by atoms with E-state index in [0.717, 1.165) is 22.0 Å². The summed E-state index contributed by atoms with van der Waals surface area (Å²) in [7, 11) is -4.36. The fraction of sp³-hybridized carbons (Fsp3) is 0.278. The number of benzene rings is 2. The van der Waals surface area contributed by atoms with Crippen LogP contribution in [0.3, 0.4) is 0 Å². The normalized spacial score (nSPS) is 11.6. The lowest BCUT2D eigenvalue weighted by molar-refractivity contribution is -0.116. The number of carbonyl (C=O) groups excluding carboxylic acids is 1. The standard InChI is InChI=1S/C18H20F2N2O3S/c1-3-10-22(12-18(23)21-16-7-5-4-6-13(16)2)26(24,25)17-11-14(19)8-9-15(17)20/h4-9,11H,3,10,12H2,1-2H3,(H,21,23). The molecule has 8 heteroatoms. The third-order valence-electron chi connectivity index (χ3n) is 3.72. The number of anilines is 1. The number of aryl methyl sites for hydroxylation is 1. The number of sulfonamides is 1. The number of amides is 1. The van der Waals surface area contributed by atoms with Crippen molar-refractivity contribution in [2.75, 3.05) is 18.4 Å². The third-order valence-corrected chi connectivity index (χ3v) is 5.58. The Labute approximate surface area is 151 Å². The van der Waals surface area contributed by atoms with E-state index in [2.05, 4.69) is 5.32 Å². The topological polar surface area (TPSA) is 66.5 Å². The van der Waals surface area contributed by atoms with E-state index in [1.54, 1.807) is 32.0 Å². The van der Waals surface area contributed by atoms with Crippen molar-refractivity contribution in [1.29, 1.82) is 0 Å². The summed E-state index contributed by atoms with van der Waals surface area (Å²) < 4.78 is 53.5. The molecule has 0 saturated carbocycles. The van der Waals surface area contributed by atoms with Crippen LogP contribution in [0.1, 0.15) is 18.9 Å². The molecule has 0 saturated heterocycles. The molecule has 0 unspecified atom stereocenters. The van der Waals surface area contributed by atoms with E-state index in [1.807, 2.05) is 6.07 Å². The minimum absolute atomic E-state index is 0.000517. The molecule has 0 aliphatic carbocycles. The Kier molecular flexibility index (Phi) is 6.44. The Bertz CT molecular complexity index is 901. The number of hydrogen-bond donors (Lipinski definition) is 1. The molecule has 0 bridgehead atoms. The van der Waals surface area contributed by atoms with Gasteiger partial charge in [0.05, 0.1) is 6.54 Å². The monoisotopic (exact) mass is 382 g/mol. The van der Waals surface area contributed by atoms with E-state index in [9.17, 15) is 22.0 Å². The molecule has 0 radical (unpaired) electrons. The molecule has 1 amide bonds. The summed E-state index contributed by atoms with van der Waals surface area (Å²) in [6, 6.07) is 9.25. The molecule has 26 heavy (non-hydrogen) atoms. The highest BCUT2D eigenvalue weighted by atomic mass is 32.2. The van der Waals surface area contributed by atoms with Crippen molar-refractivity contribution in [3.63, 3.8) is 0 Å². The van der Waals surface area contributed by atoms with E-state index in [-0.39, 0.29) is 6.54 Å². The van der Waals surface area contributed by atoms with Crippen LogP contribution in [0.4, 0.5) is 14.5 Å². The second-order valence-electron chi connectivity index (χ2n) is 5.78. The molecular formula is C18H20F2N2O3S. The predicted octanol–water partition coefficient (Wildman–Crippen LogP) is 3.31. The number of hydrogen-bond acceptors (Lipinski definition) is 3. The van der Waals surface area contributed by atoms with E-state index in [0.29, 0.717) is 18.2 Å². The average molecular weight is 382 g/mol. The fourth-order valence-corrected chi connectivity index (χ4v) is 3.97. The second-order valence-corrected chi connectivity index (χ2v) is 7.68. The van der Waals surface area contributed by atoms with Crippen molar-refractivity contribution in [3.05, 3.63) is 59.7 Å². The minimum Gasteiger partial charge on any atom is -0.325 e. The zero-order valence-electron chi connectivity index (χ0n) is 14.5. The molecule has 2 rings (SSSR count). The van der Waals surface area contributed by atoms with Gasteiger partial charge >= 0.3 is 0 Å². The third kappa shape index (κ3) is 4.64. The first-order valence-corrected chi connectivity index (χ1v) is 9.50. The van der Waals surface area contributed by atoms with Gasteiger partial charge < -0.3 is 5.32 Å². The van der Waals surface area contributed by atoms with Gasteiger partial charge in [0.15, 0.2) is 0 Å². The summed E-state index contributed by atoms with van der Waals surface area (Å²) in [6.07, 6.45) is 0.411. The molecule has 0 fully saturated rings. The van der Waals surface area contributed by atoms with Crippen molar-refractivity contribution in [2.45, 2.75) is 25.2 Å². The molecule has 1 N–H and O–H groups in total. The SMILES string of the molecule is CCCN(CC(=O)Nc1ccccc1C)S(=O)(=O)c1cc(F)ccc1F. The zero-order valence-corrected chi connectivity index (χ0v) is 15.3. The van der Waals surface area contributed by atoms with Crippen LogP contribution < -0.4 is 5.32 Å². The summed E-state index contributed by atoms with van der Waals surface area (Å²) in [5, 5.41) is 2.64. The molecule has 0 spiro atoms. The Hall–Kier alpha value is -2.32. The van der Waals surface area contributed by atoms with E-state index < -0.39 is 39.0 Å². The maximum atomic E-state index is 13.9. The van der Waals surface area contributed by atoms with Gasteiger partial charge in [0.25, 0.3) is 0 Å². The summed E-state index contributed by atoms with van der Waals surface area (Å²) in [5.74, 6) is -2.49. The number of para-hydroxylation sites is 1. The van der Waals surface area contributed by atoms with Crippen molar-refractivity contribution < 1.29 is 22.0 Å². The van der Waals surface area contributed by atoms with Crippen LogP contribution >= 0.6 is 0 Å².